The molecule has 0 rings (SSSR count). The predicted octanol–water partition coefficient (Wildman–Crippen LogP) is 9.60. The standard InChI is InChI=1S/C37H73NO6S/c1-3-5-7-9-11-13-14-15-16-17-18-19-20-21-22-23-24-26-28-30-32-36(40)37(41)38-34(33-45(42,43)44)35(39)31-29-27-25-12-10-8-6-4-2/h19-20,34-36,39-40H,3-18,21-33H2,1-2H3,(H,38,41)(H,42,43,44)/b20-19-. The molecule has 0 aliphatic heterocycles. The summed E-state index contributed by atoms with van der Waals surface area (Å²) >= 11 is 0. The number of unbranched alkanes of at least 4 members (excludes halogenated alkanes) is 23. The fourth-order valence-corrected chi connectivity index (χ4v) is 6.63. The topological polar surface area (TPSA) is 124 Å². The average molecular weight is 660 g/mol. The highest BCUT2D eigenvalue weighted by molar-refractivity contribution is 7.85. The number of aliphatic hydroxyl groups excluding tert-OH is 2. The third-order valence-corrected chi connectivity index (χ3v) is 9.61. The van der Waals surface area contributed by atoms with Crippen LogP contribution >= 0.6 is 0 Å². The molecule has 0 aliphatic carbocycles. The van der Waals surface area contributed by atoms with Crippen molar-refractivity contribution >= 4 is 16.0 Å². The second-order valence-corrected chi connectivity index (χ2v) is 14.8. The first-order chi connectivity index (χ1) is 21.7. The lowest BCUT2D eigenvalue weighted by Crippen LogP contribution is -2.50. The van der Waals surface area contributed by atoms with Gasteiger partial charge >= 0.3 is 0 Å². The van der Waals surface area contributed by atoms with E-state index in [1.807, 2.05) is 0 Å². The molecule has 0 aliphatic rings. The maximum atomic E-state index is 12.5. The first-order valence-corrected chi connectivity index (χ1v) is 20.6. The van der Waals surface area contributed by atoms with E-state index in [1.165, 1.54) is 109 Å². The smallest absolute Gasteiger partial charge is 0.266 e. The Bertz CT molecular complexity index is 788. The molecule has 3 unspecified atom stereocenters. The van der Waals surface area contributed by atoms with Crippen LogP contribution in [-0.2, 0) is 14.9 Å². The monoisotopic (exact) mass is 660 g/mol. The molecule has 0 spiro atoms. The Morgan fingerprint density at radius 3 is 1.33 bits per heavy atom. The average Bonchev–Trinajstić information content (AvgIpc) is 3.00. The highest BCUT2D eigenvalue weighted by atomic mass is 32.2. The Balaban J connectivity index is 3.92. The summed E-state index contributed by atoms with van der Waals surface area (Å²) in [5, 5.41) is 23.3. The van der Waals surface area contributed by atoms with E-state index in [9.17, 15) is 28.0 Å². The maximum absolute atomic E-state index is 12.5. The van der Waals surface area contributed by atoms with Gasteiger partial charge in [0, 0.05) is 0 Å². The summed E-state index contributed by atoms with van der Waals surface area (Å²) in [7, 11) is -4.40. The van der Waals surface area contributed by atoms with Gasteiger partial charge in [0.15, 0.2) is 0 Å². The van der Waals surface area contributed by atoms with E-state index >= 15 is 0 Å². The van der Waals surface area contributed by atoms with Crippen LogP contribution < -0.4 is 5.32 Å². The molecule has 0 heterocycles. The number of allylic oxidation sites excluding steroid dienone is 2. The Labute approximate surface area is 278 Å². The van der Waals surface area contributed by atoms with Crippen LogP contribution in [0.2, 0.25) is 0 Å². The van der Waals surface area contributed by atoms with Crippen molar-refractivity contribution in [2.45, 2.75) is 212 Å². The zero-order valence-corrected chi connectivity index (χ0v) is 30.2. The molecular formula is C37H73NO6S. The van der Waals surface area contributed by atoms with Gasteiger partial charge in [-0.3, -0.25) is 9.35 Å². The fraction of sp³-hybridized carbons (Fsp3) is 0.919. The van der Waals surface area contributed by atoms with Crippen molar-refractivity contribution in [2.75, 3.05) is 5.75 Å². The van der Waals surface area contributed by atoms with Crippen molar-refractivity contribution in [3.63, 3.8) is 0 Å². The van der Waals surface area contributed by atoms with Gasteiger partial charge < -0.3 is 15.5 Å². The van der Waals surface area contributed by atoms with Crippen LogP contribution in [-0.4, -0.2) is 53.1 Å². The normalized spacial score (nSPS) is 14.2. The van der Waals surface area contributed by atoms with Gasteiger partial charge in [-0.05, 0) is 38.5 Å². The molecule has 0 radical (unpaired) electrons. The quantitative estimate of drug-likeness (QED) is 0.0310. The predicted molar refractivity (Wildman–Crippen MR) is 190 cm³/mol. The maximum Gasteiger partial charge on any atom is 0.266 e. The molecule has 268 valence electrons. The highest BCUT2D eigenvalue weighted by Crippen LogP contribution is 2.15. The number of carbonyl (C=O) groups excluding carboxylic acids is 1. The number of hydrogen-bond acceptors (Lipinski definition) is 5. The molecular weight excluding hydrogens is 586 g/mol. The van der Waals surface area contributed by atoms with Gasteiger partial charge in [-0.15, -0.1) is 0 Å². The molecule has 7 nitrogen and oxygen atoms in total. The van der Waals surface area contributed by atoms with Crippen LogP contribution in [0.5, 0.6) is 0 Å². The van der Waals surface area contributed by atoms with E-state index < -0.39 is 40.0 Å². The van der Waals surface area contributed by atoms with Crippen molar-refractivity contribution in [3.8, 4) is 0 Å². The molecule has 1 amide bonds. The van der Waals surface area contributed by atoms with Gasteiger partial charge in [0.1, 0.15) is 6.10 Å². The first kappa shape index (κ1) is 44.0. The summed E-state index contributed by atoms with van der Waals surface area (Å²) in [6.07, 6.45) is 33.9. The lowest BCUT2D eigenvalue weighted by atomic mass is 10.0. The van der Waals surface area contributed by atoms with E-state index in [-0.39, 0.29) is 0 Å². The Hall–Kier alpha value is -0.960. The number of amides is 1. The van der Waals surface area contributed by atoms with E-state index in [2.05, 4.69) is 31.3 Å². The van der Waals surface area contributed by atoms with Crippen molar-refractivity contribution in [3.05, 3.63) is 12.2 Å². The summed E-state index contributed by atoms with van der Waals surface area (Å²) in [6, 6.07) is -1.14. The van der Waals surface area contributed by atoms with Crippen LogP contribution in [0.25, 0.3) is 0 Å². The summed E-state index contributed by atoms with van der Waals surface area (Å²) < 4.78 is 32.3. The van der Waals surface area contributed by atoms with Crippen LogP contribution in [0.1, 0.15) is 194 Å². The molecule has 0 bridgehead atoms. The number of rotatable bonds is 34. The summed E-state index contributed by atoms with van der Waals surface area (Å²) in [6.45, 7) is 4.45. The lowest BCUT2D eigenvalue weighted by Gasteiger charge is -2.24. The molecule has 4 N–H and O–H groups in total. The summed E-state index contributed by atoms with van der Waals surface area (Å²) in [5.74, 6) is -1.46. The van der Waals surface area contributed by atoms with Crippen LogP contribution in [0.4, 0.5) is 0 Å². The minimum absolute atomic E-state index is 0.292. The molecule has 45 heavy (non-hydrogen) atoms. The van der Waals surface area contributed by atoms with Gasteiger partial charge in [-0.25, -0.2) is 0 Å². The van der Waals surface area contributed by atoms with E-state index in [1.54, 1.807) is 0 Å². The first-order valence-electron chi connectivity index (χ1n) is 19.0. The van der Waals surface area contributed by atoms with E-state index in [4.69, 9.17) is 0 Å². The van der Waals surface area contributed by atoms with Gasteiger partial charge in [0.2, 0.25) is 5.91 Å². The summed E-state index contributed by atoms with van der Waals surface area (Å²) in [5.41, 5.74) is 0. The van der Waals surface area contributed by atoms with Gasteiger partial charge in [-0.2, -0.15) is 8.42 Å². The molecule has 0 fully saturated rings. The van der Waals surface area contributed by atoms with Crippen molar-refractivity contribution in [1.29, 1.82) is 0 Å². The van der Waals surface area contributed by atoms with E-state index in [0.717, 1.165) is 44.9 Å². The van der Waals surface area contributed by atoms with Crippen LogP contribution in [0.3, 0.4) is 0 Å². The fourth-order valence-electron chi connectivity index (χ4n) is 5.87. The molecule has 0 saturated heterocycles. The summed E-state index contributed by atoms with van der Waals surface area (Å²) in [4.78, 5) is 12.5. The van der Waals surface area contributed by atoms with Crippen molar-refractivity contribution in [1.82, 2.24) is 5.32 Å². The minimum atomic E-state index is -4.40. The largest absolute Gasteiger partial charge is 0.391 e. The lowest BCUT2D eigenvalue weighted by molar-refractivity contribution is -0.131. The molecule has 3 atom stereocenters. The number of nitrogens with one attached hydrogen (secondary N) is 1. The highest BCUT2D eigenvalue weighted by Gasteiger charge is 2.28. The molecule has 8 heteroatoms. The second-order valence-electron chi connectivity index (χ2n) is 13.4. The Morgan fingerprint density at radius 2 is 0.933 bits per heavy atom. The number of hydrogen-bond donors (Lipinski definition) is 4. The zero-order chi connectivity index (χ0) is 33.4. The number of aliphatic hydroxyl groups is 2. The SMILES string of the molecule is CCCCCCCCCCCC/C=C\CCCCCCCCC(O)C(=O)NC(CS(=O)(=O)O)C(O)CCCCCCCCCC. The van der Waals surface area contributed by atoms with Crippen LogP contribution in [0.15, 0.2) is 12.2 Å². The minimum Gasteiger partial charge on any atom is -0.391 e. The van der Waals surface area contributed by atoms with E-state index in [0.29, 0.717) is 25.7 Å². The molecule has 0 aromatic rings. The molecule has 0 aromatic carbocycles. The molecule has 0 saturated carbocycles. The van der Waals surface area contributed by atoms with Gasteiger partial charge in [-0.1, -0.05) is 167 Å². The van der Waals surface area contributed by atoms with Gasteiger partial charge in [0.05, 0.1) is 17.9 Å². The van der Waals surface area contributed by atoms with Crippen molar-refractivity contribution < 1.29 is 28.0 Å². The van der Waals surface area contributed by atoms with Crippen molar-refractivity contribution in [2.24, 2.45) is 0 Å². The number of carbonyl (C=O) groups is 1. The third kappa shape index (κ3) is 31.4. The Morgan fingerprint density at radius 1 is 0.578 bits per heavy atom. The van der Waals surface area contributed by atoms with Crippen LogP contribution in [0, 0.1) is 0 Å². The Kier molecular flexibility index (Phi) is 31.0. The molecule has 0 aromatic heterocycles. The third-order valence-electron chi connectivity index (χ3n) is 8.83. The van der Waals surface area contributed by atoms with Gasteiger partial charge in [0.25, 0.3) is 10.1 Å². The second kappa shape index (κ2) is 31.6. The zero-order valence-electron chi connectivity index (χ0n) is 29.4.